The first kappa shape index (κ1) is 18.3. The summed E-state index contributed by atoms with van der Waals surface area (Å²) in [6.07, 6.45) is 3.69. The normalized spacial score (nSPS) is 15.4. The monoisotopic (exact) mass is 372 g/mol. The Morgan fingerprint density at radius 2 is 1.65 bits per heavy atom. The maximum Gasteiger partial charge on any atom is 0.255 e. The number of primary amides is 1. The number of rotatable bonds is 6. The first-order chi connectivity index (χ1) is 12.5. The number of halogens is 1. The lowest BCUT2D eigenvalue weighted by Gasteiger charge is -2.28. The van der Waals surface area contributed by atoms with Gasteiger partial charge in [-0.05, 0) is 54.8 Å². The molecule has 26 heavy (non-hydrogen) atoms. The molecule has 0 aromatic heterocycles. The number of nitrogens with one attached hydrogen (secondary N) is 1. The Morgan fingerprint density at radius 1 is 1.04 bits per heavy atom. The lowest BCUT2D eigenvalue weighted by Crippen LogP contribution is -2.37. The highest BCUT2D eigenvalue weighted by molar-refractivity contribution is 6.30. The molecule has 6 heteroatoms. The first-order valence-corrected chi connectivity index (χ1v) is 8.96. The fourth-order valence-corrected chi connectivity index (χ4v) is 3.56. The molecule has 2 amide bonds. The van der Waals surface area contributed by atoms with Crippen molar-refractivity contribution in [1.29, 1.82) is 0 Å². The number of ether oxygens (including phenoxy) is 1. The SMILES string of the molecule is NC(=O)COc1ccc(NC(=O)C2(c3ccc(Cl)cc3)CCCC2)cc1. The second kappa shape index (κ2) is 7.79. The van der Waals surface area contributed by atoms with E-state index < -0.39 is 11.3 Å². The van der Waals surface area contributed by atoms with Crippen LogP contribution >= 0.6 is 11.6 Å². The van der Waals surface area contributed by atoms with E-state index in [0.29, 0.717) is 16.5 Å². The van der Waals surface area contributed by atoms with E-state index in [0.717, 1.165) is 31.2 Å². The third kappa shape index (κ3) is 3.99. The Bertz CT molecular complexity index is 782. The van der Waals surface area contributed by atoms with Crippen molar-refractivity contribution < 1.29 is 14.3 Å². The number of carbonyl (C=O) groups excluding carboxylic acids is 2. The lowest BCUT2D eigenvalue weighted by molar-refractivity contribution is -0.121. The van der Waals surface area contributed by atoms with E-state index in [1.807, 2.05) is 24.3 Å². The lowest BCUT2D eigenvalue weighted by atomic mass is 9.78. The molecule has 0 atom stereocenters. The van der Waals surface area contributed by atoms with Gasteiger partial charge in [-0.15, -0.1) is 0 Å². The minimum Gasteiger partial charge on any atom is -0.484 e. The van der Waals surface area contributed by atoms with Crippen LogP contribution < -0.4 is 15.8 Å². The largest absolute Gasteiger partial charge is 0.484 e. The molecule has 1 fully saturated rings. The van der Waals surface area contributed by atoms with Crippen LogP contribution in [0.25, 0.3) is 0 Å². The minimum absolute atomic E-state index is 0.0110. The van der Waals surface area contributed by atoms with Crippen LogP contribution in [-0.4, -0.2) is 18.4 Å². The summed E-state index contributed by atoms with van der Waals surface area (Å²) < 4.78 is 5.23. The Balaban J connectivity index is 1.74. The minimum atomic E-state index is -0.534. The van der Waals surface area contributed by atoms with Crippen molar-refractivity contribution in [2.45, 2.75) is 31.1 Å². The number of anilines is 1. The molecule has 3 rings (SSSR count). The van der Waals surface area contributed by atoms with Gasteiger partial charge in [0.2, 0.25) is 5.91 Å². The van der Waals surface area contributed by atoms with Crippen molar-refractivity contribution in [2.24, 2.45) is 5.73 Å². The molecule has 5 nitrogen and oxygen atoms in total. The van der Waals surface area contributed by atoms with Crippen molar-refractivity contribution in [3.05, 3.63) is 59.1 Å². The molecule has 0 spiro atoms. The van der Waals surface area contributed by atoms with E-state index in [2.05, 4.69) is 5.32 Å². The summed E-state index contributed by atoms with van der Waals surface area (Å²) in [6, 6.07) is 14.4. The van der Waals surface area contributed by atoms with Crippen LogP contribution in [0.5, 0.6) is 5.75 Å². The zero-order valence-electron chi connectivity index (χ0n) is 14.3. The molecule has 0 saturated heterocycles. The topological polar surface area (TPSA) is 81.4 Å². The van der Waals surface area contributed by atoms with Crippen molar-refractivity contribution >= 4 is 29.1 Å². The molecular formula is C20H21ClN2O3. The van der Waals surface area contributed by atoms with E-state index in [1.165, 1.54) is 0 Å². The predicted molar refractivity (Wildman–Crippen MR) is 101 cm³/mol. The molecule has 1 saturated carbocycles. The molecule has 2 aromatic carbocycles. The molecule has 136 valence electrons. The number of nitrogens with two attached hydrogens (primary N) is 1. The van der Waals surface area contributed by atoms with Gasteiger partial charge in [-0.3, -0.25) is 9.59 Å². The van der Waals surface area contributed by atoms with Crippen LogP contribution in [0.2, 0.25) is 5.02 Å². The number of amides is 2. The van der Waals surface area contributed by atoms with E-state index >= 15 is 0 Å². The Morgan fingerprint density at radius 3 is 2.23 bits per heavy atom. The van der Waals surface area contributed by atoms with Gasteiger partial charge in [-0.1, -0.05) is 36.6 Å². The molecule has 2 aromatic rings. The van der Waals surface area contributed by atoms with Crippen molar-refractivity contribution in [3.8, 4) is 5.75 Å². The van der Waals surface area contributed by atoms with Crippen LogP contribution in [0, 0.1) is 0 Å². The molecule has 1 aliphatic rings. The first-order valence-electron chi connectivity index (χ1n) is 8.58. The van der Waals surface area contributed by atoms with Gasteiger partial charge in [0, 0.05) is 10.7 Å². The highest BCUT2D eigenvalue weighted by atomic mass is 35.5. The molecule has 1 aliphatic carbocycles. The maximum absolute atomic E-state index is 13.1. The number of hydrogen-bond acceptors (Lipinski definition) is 3. The second-order valence-corrected chi connectivity index (χ2v) is 6.97. The van der Waals surface area contributed by atoms with Gasteiger partial charge < -0.3 is 15.8 Å². The fourth-order valence-electron chi connectivity index (χ4n) is 3.43. The van der Waals surface area contributed by atoms with Crippen molar-refractivity contribution in [1.82, 2.24) is 0 Å². The van der Waals surface area contributed by atoms with Gasteiger partial charge in [-0.25, -0.2) is 0 Å². The summed E-state index contributed by atoms with van der Waals surface area (Å²) in [6.45, 7) is -0.175. The average Bonchev–Trinajstić information content (AvgIpc) is 3.13. The quantitative estimate of drug-likeness (QED) is 0.811. The second-order valence-electron chi connectivity index (χ2n) is 6.53. The van der Waals surface area contributed by atoms with Crippen LogP contribution in [0.3, 0.4) is 0 Å². The van der Waals surface area contributed by atoms with E-state index in [9.17, 15) is 9.59 Å². The zero-order valence-corrected chi connectivity index (χ0v) is 15.1. The van der Waals surface area contributed by atoms with E-state index in [-0.39, 0.29) is 12.5 Å². The van der Waals surface area contributed by atoms with Crippen molar-refractivity contribution in [2.75, 3.05) is 11.9 Å². The van der Waals surface area contributed by atoms with Crippen LogP contribution in [0.1, 0.15) is 31.2 Å². The third-order valence-electron chi connectivity index (χ3n) is 4.78. The number of hydrogen-bond donors (Lipinski definition) is 2. The molecule has 0 unspecified atom stereocenters. The van der Waals surface area contributed by atoms with Gasteiger partial charge in [0.05, 0.1) is 5.41 Å². The molecular weight excluding hydrogens is 352 g/mol. The number of benzene rings is 2. The summed E-state index contributed by atoms with van der Waals surface area (Å²) in [5.41, 5.74) is 6.21. The highest BCUT2D eigenvalue weighted by Gasteiger charge is 2.42. The van der Waals surface area contributed by atoms with Gasteiger partial charge in [0.25, 0.3) is 5.91 Å². The smallest absolute Gasteiger partial charge is 0.255 e. The summed E-state index contributed by atoms with van der Waals surface area (Å²) in [5.74, 6) is -0.0216. The van der Waals surface area contributed by atoms with Crippen LogP contribution in [0.4, 0.5) is 5.69 Å². The Kier molecular flexibility index (Phi) is 5.47. The van der Waals surface area contributed by atoms with Gasteiger partial charge >= 0.3 is 0 Å². The van der Waals surface area contributed by atoms with Crippen LogP contribution in [-0.2, 0) is 15.0 Å². The highest BCUT2D eigenvalue weighted by Crippen LogP contribution is 2.42. The Labute approximate surface area is 157 Å². The maximum atomic E-state index is 13.1. The van der Waals surface area contributed by atoms with Gasteiger partial charge in [-0.2, -0.15) is 0 Å². The fraction of sp³-hybridized carbons (Fsp3) is 0.300. The van der Waals surface area contributed by atoms with E-state index in [1.54, 1.807) is 24.3 Å². The number of carbonyl (C=O) groups is 2. The third-order valence-corrected chi connectivity index (χ3v) is 5.03. The predicted octanol–water partition coefficient (Wildman–Crippen LogP) is 3.65. The summed E-state index contributed by atoms with van der Waals surface area (Å²) >= 11 is 5.99. The Hall–Kier alpha value is -2.53. The van der Waals surface area contributed by atoms with Crippen LogP contribution in [0.15, 0.2) is 48.5 Å². The zero-order chi connectivity index (χ0) is 18.6. The molecule has 0 radical (unpaired) electrons. The molecule has 0 bridgehead atoms. The summed E-state index contributed by atoms with van der Waals surface area (Å²) in [7, 11) is 0. The molecule has 3 N–H and O–H groups in total. The van der Waals surface area contributed by atoms with Gasteiger partial charge in [0.15, 0.2) is 6.61 Å². The summed E-state index contributed by atoms with van der Waals surface area (Å²) in [5, 5.41) is 3.67. The van der Waals surface area contributed by atoms with E-state index in [4.69, 9.17) is 22.1 Å². The molecule has 0 aliphatic heterocycles. The summed E-state index contributed by atoms with van der Waals surface area (Å²) in [4.78, 5) is 23.8. The van der Waals surface area contributed by atoms with Crippen molar-refractivity contribution in [3.63, 3.8) is 0 Å². The average molecular weight is 373 g/mol. The standard InChI is InChI=1S/C20H21ClN2O3/c21-15-5-3-14(4-6-15)20(11-1-2-12-20)19(25)23-16-7-9-17(10-8-16)26-13-18(22)24/h3-10H,1-2,11-13H2,(H2,22,24)(H,23,25). The van der Waals surface area contributed by atoms with Gasteiger partial charge in [0.1, 0.15) is 5.75 Å². The molecule has 0 heterocycles.